The Kier molecular flexibility index (Phi) is 4.10. The molecule has 0 saturated heterocycles. The van der Waals surface area contributed by atoms with E-state index in [1.54, 1.807) is 30.5 Å². The molecule has 0 aliphatic rings. The van der Waals surface area contributed by atoms with Crippen molar-refractivity contribution in [3.05, 3.63) is 57.5 Å². The first kappa shape index (κ1) is 14.1. The van der Waals surface area contributed by atoms with E-state index in [1.807, 2.05) is 6.92 Å². The molecule has 1 aromatic carbocycles. The number of benzene rings is 1. The van der Waals surface area contributed by atoms with Gasteiger partial charge in [-0.2, -0.15) is 0 Å². The van der Waals surface area contributed by atoms with E-state index in [0.29, 0.717) is 16.4 Å². The van der Waals surface area contributed by atoms with Gasteiger partial charge in [0.15, 0.2) is 0 Å². The van der Waals surface area contributed by atoms with Gasteiger partial charge >= 0.3 is 0 Å². The van der Waals surface area contributed by atoms with Crippen LogP contribution in [0, 0.1) is 6.92 Å². The highest BCUT2D eigenvalue weighted by Crippen LogP contribution is 2.22. The number of rotatable bonds is 3. The molecule has 2 aromatic rings. The number of nitrogens with zero attached hydrogens (tertiary/aromatic N) is 1. The predicted octanol–water partition coefficient (Wildman–Crippen LogP) is 2.03. The summed E-state index contributed by atoms with van der Waals surface area (Å²) in [5.74, 6) is -0.329. The highest BCUT2D eigenvalue weighted by molar-refractivity contribution is 6.31. The Balaban J connectivity index is 2.11. The van der Waals surface area contributed by atoms with Crippen LogP contribution in [0.5, 0.6) is 0 Å². The van der Waals surface area contributed by atoms with Crippen LogP contribution >= 0.6 is 11.6 Å². The van der Waals surface area contributed by atoms with E-state index >= 15 is 0 Å². The summed E-state index contributed by atoms with van der Waals surface area (Å²) in [5, 5.41) is 3.14. The molecule has 0 radical (unpaired) electrons. The topological polar surface area (TPSA) is 77.1 Å². The summed E-state index contributed by atoms with van der Waals surface area (Å²) in [6.07, 6.45) is 1.59. The zero-order valence-corrected chi connectivity index (χ0v) is 11.6. The molecule has 3 N–H and O–H groups in total. The smallest absolute Gasteiger partial charge is 0.251 e. The van der Waals surface area contributed by atoms with E-state index in [9.17, 15) is 9.59 Å². The average Bonchev–Trinajstić information content (AvgIpc) is 2.36. The maximum Gasteiger partial charge on any atom is 0.251 e. The van der Waals surface area contributed by atoms with Crippen molar-refractivity contribution in [2.75, 3.05) is 11.1 Å². The molecule has 0 aliphatic carbocycles. The van der Waals surface area contributed by atoms with E-state index in [4.69, 9.17) is 17.3 Å². The number of carbonyl (C=O) groups is 1. The van der Waals surface area contributed by atoms with Crippen LogP contribution in [-0.4, -0.2) is 10.5 Å². The molecule has 6 heteroatoms. The second kappa shape index (κ2) is 5.79. The third-order valence-corrected chi connectivity index (χ3v) is 2.99. The summed E-state index contributed by atoms with van der Waals surface area (Å²) in [7, 11) is 0. The number of halogens is 1. The molecular weight excluding hydrogens is 278 g/mol. The van der Waals surface area contributed by atoms with Crippen LogP contribution in [0.2, 0.25) is 5.02 Å². The van der Waals surface area contributed by atoms with Crippen molar-refractivity contribution in [1.29, 1.82) is 0 Å². The van der Waals surface area contributed by atoms with Crippen LogP contribution in [0.25, 0.3) is 0 Å². The first-order chi connectivity index (χ1) is 9.45. The fourth-order valence-electron chi connectivity index (χ4n) is 1.73. The van der Waals surface area contributed by atoms with Gasteiger partial charge in [-0.05, 0) is 36.8 Å². The minimum atomic E-state index is -0.329. The molecule has 1 heterocycles. The summed E-state index contributed by atoms with van der Waals surface area (Å²) in [6, 6.07) is 8.05. The number of nitrogen functional groups attached to an aromatic ring is 1. The first-order valence-electron chi connectivity index (χ1n) is 5.97. The van der Waals surface area contributed by atoms with Crippen LogP contribution in [0.1, 0.15) is 5.56 Å². The number of anilines is 2. The predicted molar refractivity (Wildman–Crippen MR) is 79.9 cm³/mol. The van der Waals surface area contributed by atoms with Gasteiger partial charge in [-0.1, -0.05) is 11.6 Å². The van der Waals surface area contributed by atoms with Gasteiger partial charge in [0.05, 0.1) is 11.4 Å². The molecule has 0 atom stereocenters. The maximum atomic E-state index is 11.9. The van der Waals surface area contributed by atoms with E-state index < -0.39 is 0 Å². The fourth-order valence-corrected chi connectivity index (χ4v) is 1.91. The maximum absolute atomic E-state index is 11.9. The zero-order valence-electron chi connectivity index (χ0n) is 10.9. The van der Waals surface area contributed by atoms with Crippen molar-refractivity contribution in [2.24, 2.45) is 0 Å². The lowest BCUT2D eigenvalue weighted by molar-refractivity contribution is -0.116. The monoisotopic (exact) mass is 291 g/mol. The molecule has 0 bridgehead atoms. The average molecular weight is 292 g/mol. The second-order valence-corrected chi connectivity index (χ2v) is 4.89. The third kappa shape index (κ3) is 3.39. The number of aromatic nitrogens is 1. The molecule has 0 saturated carbocycles. The number of nitrogens with two attached hydrogens (primary N) is 1. The Labute approximate surface area is 121 Å². The lowest BCUT2D eigenvalue weighted by Crippen LogP contribution is -2.27. The molecule has 0 fully saturated rings. The molecule has 1 amide bonds. The molecule has 104 valence electrons. The van der Waals surface area contributed by atoms with Crippen molar-refractivity contribution in [3.63, 3.8) is 0 Å². The number of hydrogen-bond acceptors (Lipinski definition) is 3. The largest absolute Gasteiger partial charge is 0.397 e. The van der Waals surface area contributed by atoms with Crippen molar-refractivity contribution >= 4 is 28.9 Å². The van der Waals surface area contributed by atoms with Crippen LogP contribution in [-0.2, 0) is 11.3 Å². The van der Waals surface area contributed by atoms with Crippen LogP contribution in [0.3, 0.4) is 0 Å². The SMILES string of the molecule is Cc1ccn(CC(=O)Nc2ccc(Cl)cc2N)c(=O)c1. The molecule has 1 aromatic heterocycles. The van der Waals surface area contributed by atoms with Crippen LogP contribution in [0.15, 0.2) is 41.3 Å². The van der Waals surface area contributed by atoms with Crippen molar-refractivity contribution in [1.82, 2.24) is 4.57 Å². The Hall–Kier alpha value is -2.27. The van der Waals surface area contributed by atoms with Gasteiger partial charge < -0.3 is 15.6 Å². The lowest BCUT2D eigenvalue weighted by atomic mass is 10.2. The van der Waals surface area contributed by atoms with Crippen molar-refractivity contribution in [3.8, 4) is 0 Å². The lowest BCUT2D eigenvalue weighted by Gasteiger charge is -2.09. The summed E-state index contributed by atoms with van der Waals surface area (Å²) >= 11 is 5.78. The van der Waals surface area contributed by atoms with Crippen LogP contribution in [0.4, 0.5) is 11.4 Å². The Morgan fingerprint density at radius 3 is 2.75 bits per heavy atom. The normalized spacial score (nSPS) is 10.3. The van der Waals surface area contributed by atoms with E-state index in [2.05, 4.69) is 5.32 Å². The quantitative estimate of drug-likeness (QED) is 0.850. The van der Waals surface area contributed by atoms with Gasteiger partial charge in [0.2, 0.25) is 5.91 Å². The number of aryl methyl sites for hydroxylation is 1. The molecule has 0 aliphatic heterocycles. The van der Waals surface area contributed by atoms with E-state index in [-0.39, 0.29) is 18.0 Å². The first-order valence-corrected chi connectivity index (χ1v) is 6.35. The number of carbonyl (C=O) groups excluding carboxylic acids is 1. The van der Waals surface area contributed by atoms with Gasteiger partial charge in [0, 0.05) is 17.3 Å². The minimum absolute atomic E-state index is 0.0683. The van der Waals surface area contributed by atoms with Crippen LogP contribution < -0.4 is 16.6 Å². The Morgan fingerprint density at radius 2 is 2.10 bits per heavy atom. The van der Waals surface area contributed by atoms with E-state index in [0.717, 1.165) is 5.56 Å². The van der Waals surface area contributed by atoms with Gasteiger partial charge in [-0.3, -0.25) is 9.59 Å². The molecular formula is C14H14ClN3O2. The zero-order chi connectivity index (χ0) is 14.7. The van der Waals surface area contributed by atoms with Crippen molar-refractivity contribution in [2.45, 2.75) is 13.5 Å². The van der Waals surface area contributed by atoms with Gasteiger partial charge in [0.25, 0.3) is 5.56 Å². The summed E-state index contributed by atoms with van der Waals surface area (Å²) in [4.78, 5) is 23.6. The summed E-state index contributed by atoms with van der Waals surface area (Å²) < 4.78 is 1.33. The highest BCUT2D eigenvalue weighted by atomic mass is 35.5. The molecule has 2 rings (SSSR count). The third-order valence-electron chi connectivity index (χ3n) is 2.75. The summed E-state index contributed by atoms with van der Waals surface area (Å²) in [5.41, 5.74) is 7.23. The molecule has 0 unspecified atom stereocenters. The number of amides is 1. The number of pyridine rings is 1. The minimum Gasteiger partial charge on any atom is -0.397 e. The van der Waals surface area contributed by atoms with Gasteiger partial charge in [-0.15, -0.1) is 0 Å². The van der Waals surface area contributed by atoms with Gasteiger partial charge in [0.1, 0.15) is 6.54 Å². The molecule has 5 nitrogen and oxygen atoms in total. The number of nitrogens with one attached hydrogen (secondary N) is 1. The Morgan fingerprint density at radius 1 is 1.35 bits per heavy atom. The molecule has 0 spiro atoms. The van der Waals surface area contributed by atoms with Crippen molar-refractivity contribution < 1.29 is 4.79 Å². The van der Waals surface area contributed by atoms with Gasteiger partial charge in [-0.25, -0.2) is 0 Å². The Bertz CT molecular complexity index is 710. The fraction of sp³-hybridized carbons (Fsp3) is 0.143. The second-order valence-electron chi connectivity index (χ2n) is 4.45. The highest BCUT2D eigenvalue weighted by Gasteiger charge is 2.07. The van der Waals surface area contributed by atoms with E-state index in [1.165, 1.54) is 10.6 Å². The number of hydrogen-bond donors (Lipinski definition) is 2. The standard InChI is InChI=1S/C14H14ClN3O2/c1-9-4-5-18(14(20)6-9)8-13(19)17-12-3-2-10(15)7-11(12)16/h2-7H,8,16H2,1H3,(H,17,19). The molecule has 20 heavy (non-hydrogen) atoms. The summed E-state index contributed by atoms with van der Waals surface area (Å²) in [6.45, 7) is 1.75.